The summed E-state index contributed by atoms with van der Waals surface area (Å²) in [4.78, 5) is 11.5. The SMILES string of the molecule is CC(=O)C1CCCCN1S(=O)(=O)NCC(C)C. The van der Waals surface area contributed by atoms with Gasteiger partial charge in [0.25, 0.3) is 10.2 Å². The van der Waals surface area contributed by atoms with Crippen LogP contribution in [-0.2, 0) is 15.0 Å². The fourth-order valence-corrected chi connectivity index (χ4v) is 3.62. The summed E-state index contributed by atoms with van der Waals surface area (Å²) in [5.74, 6) is 0.185. The van der Waals surface area contributed by atoms with Gasteiger partial charge in [0.2, 0.25) is 0 Å². The number of hydrogen-bond acceptors (Lipinski definition) is 3. The van der Waals surface area contributed by atoms with Gasteiger partial charge < -0.3 is 0 Å². The minimum atomic E-state index is -3.51. The monoisotopic (exact) mass is 262 g/mol. The van der Waals surface area contributed by atoms with Crippen molar-refractivity contribution in [1.82, 2.24) is 9.03 Å². The Balaban J connectivity index is 2.76. The predicted octanol–water partition coefficient (Wildman–Crippen LogP) is 0.920. The summed E-state index contributed by atoms with van der Waals surface area (Å²) in [5.41, 5.74) is 0. The molecule has 0 spiro atoms. The van der Waals surface area contributed by atoms with Crippen molar-refractivity contribution in [3.63, 3.8) is 0 Å². The molecule has 0 aromatic heterocycles. The fraction of sp³-hybridized carbons (Fsp3) is 0.909. The second-order valence-electron chi connectivity index (χ2n) is 4.98. The smallest absolute Gasteiger partial charge is 0.280 e. The standard InChI is InChI=1S/C11H22N2O3S/c1-9(2)8-12-17(15,16)13-7-5-4-6-11(13)10(3)14/h9,11-12H,4-8H2,1-3H3. The van der Waals surface area contributed by atoms with Gasteiger partial charge in [-0.2, -0.15) is 12.7 Å². The Labute approximate surface area is 104 Å². The number of ketones is 1. The molecule has 0 saturated carbocycles. The van der Waals surface area contributed by atoms with Gasteiger partial charge in [-0.15, -0.1) is 0 Å². The molecule has 5 nitrogen and oxygen atoms in total. The van der Waals surface area contributed by atoms with Crippen LogP contribution in [0, 0.1) is 5.92 Å². The first-order chi connectivity index (χ1) is 7.84. The highest BCUT2D eigenvalue weighted by molar-refractivity contribution is 7.87. The van der Waals surface area contributed by atoms with E-state index in [1.165, 1.54) is 11.2 Å². The Morgan fingerprint density at radius 3 is 2.59 bits per heavy atom. The van der Waals surface area contributed by atoms with Crippen LogP contribution in [0.2, 0.25) is 0 Å². The molecule has 1 rings (SSSR count). The maximum Gasteiger partial charge on any atom is 0.280 e. The van der Waals surface area contributed by atoms with Gasteiger partial charge in [0.15, 0.2) is 0 Å². The largest absolute Gasteiger partial charge is 0.298 e. The molecule has 0 aromatic rings. The summed E-state index contributed by atoms with van der Waals surface area (Å²) in [6, 6.07) is -0.478. The topological polar surface area (TPSA) is 66.5 Å². The molecule has 0 aromatic carbocycles. The summed E-state index contributed by atoms with van der Waals surface area (Å²) in [6.07, 6.45) is 2.38. The molecule has 1 saturated heterocycles. The Kier molecular flexibility index (Phi) is 5.09. The van der Waals surface area contributed by atoms with Gasteiger partial charge >= 0.3 is 0 Å². The van der Waals surface area contributed by atoms with E-state index in [1.807, 2.05) is 13.8 Å². The lowest BCUT2D eigenvalue weighted by molar-refractivity contribution is -0.121. The lowest BCUT2D eigenvalue weighted by atomic mass is 10.0. The first kappa shape index (κ1) is 14.6. The lowest BCUT2D eigenvalue weighted by Gasteiger charge is -2.33. The highest BCUT2D eigenvalue weighted by atomic mass is 32.2. The Morgan fingerprint density at radius 1 is 1.41 bits per heavy atom. The fourth-order valence-electron chi connectivity index (χ4n) is 1.95. The van der Waals surface area contributed by atoms with Crippen LogP contribution < -0.4 is 4.72 Å². The summed E-state index contributed by atoms with van der Waals surface area (Å²) >= 11 is 0. The van der Waals surface area contributed by atoms with Crippen molar-refractivity contribution in [2.75, 3.05) is 13.1 Å². The van der Waals surface area contributed by atoms with Gasteiger partial charge in [0.1, 0.15) is 5.78 Å². The van der Waals surface area contributed by atoms with E-state index in [9.17, 15) is 13.2 Å². The van der Waals surface area contributed by atoms with E-state index in [1.54, 1.807) is 0 Å². The lowest BCUT2D eigenvalue weighted by Crippen LogP contribution is -2.52. The predicted molar refractivity (Wildman–Crippen MR) is 66.8 cm³/mol. The van der Waals surface area contributed by atoms with Crippen molar-refractivity contribution < 1.29 is 13.2 Å². The zero-order valence-corrected chi connectivity index (χ0v) is 11.6. The quantitative estimate of drug-likeness (QED) is 0.801. The molecule has 0 radical (unpaired) electrons. The number of nitrogens with one attached hydrogen (secondary N) is 1. The van der Waals surface area contributed by atoms with Gasteiger partial charge in [-0.25, -0.2) is 4.72 Å². The van der Waals surface area contributed by atoms with Crippen molar-refractivity contribution in [1.29, 1.82) is 0 Å². The molecule has 1 aliphatic heterocycles. The average Bonchev–Trinajstić information content (AvgIpc) is 2.26. The number of nitrogens with zero attached hydrogens (tertiary/aromatic N) is 1. The second kappa shape index (κ2) is 5.93. The number of carbonyl (C=O) groups excluding carboxylic acids is 1. The van der Waals surface area contributed by atoms with Crippen LogP contribution in [0.1, 0.15) is 40.0 Å². The summed E-state index contributed by atoms with van der Waals surface area (Å²) in [6.45, 7) is 6.20. The molecule has 1 unspecified atom stereocenters. The zero-order valence-electron chi connectivity index (χ0n) is 10.8. The second-order valence-corrected chi connectivity index (χ2v) is 6.69. The molecule has 0 amide bonds. The highest BCUT2D eigenvalue weighted by Gasteiger charge is 2.34. The van der Waals surface area contributed by atoms with E-state index in [2.05, 4.69) is 4.72 Å². The molecule has 1 atom stereocenters. The Morgan fingerprint density at radius 2 is 2.06 bits per heavy atom. The third kappa shape index (κ3) is 4.04. The Hall–Kier alpha value is -0.460. The number of hydrogen-bond donors (Lipinski definition) is 1. The van der Waals surface area contributed by atoms with Gasteiger partial charge in [-0.05, 0) is 25.7 Å². The summed E-state index contributed by atoms with van der Waals surface area (Å²) in [7, 11) is -3.51. The zero-order chi connectivity index (χ0) is 13.1. The van der Waals surface area contributed by atoms with E-state index in [0.29, 0.717) is 19.5 Å². The van der Waals surface area contributed by atoms with Crippen molar-refractivity contribution in [3.8, 4) is 0 Å². The number of piperidine rings is 1. The molecule has 6 heteroatoms. The minimum absolute atomic E-state index is 0.0698. The third-order valence-corrected chi connectivity index (χ3v) is 4.49. The average molecular weight is 262 g/mol. The van der Waals surface area contributed by atoms with Crippen molar-refractivity contribution >= 4 is 16.0 Å². The molecule has 1 N–H and O–H groups in total. The van der Waals surface area contributed by atoms with Gasteiger partial charge in [0.05, 0.1) is 6.04 Å². The van der Waals surface area contributed by atoms with Crippen LogP contribution in [0.15, 0.2) is 0 Å². The van der Waals surface area contributed by atoms with Gasteiger partial charge in [-0.3, -0.25) is 4.79 Å². The molecule has 1 fully saturated rings. The molecule has 1 heterocycles. The van der Waals surface area contributed by atoms with E-state index < -0.39 is 16.3 Å². The molecule has 0 bridgehead atoms. The van der Waals surface area contributed by atoms with Crippen LogP contribution in [-0.4, -0.2) is 37.6 Å². The third-order valence-electron chi connectivity index (χ3n) is 2.91. The van der Waals surface area contributed by atoms with Crippen LogP contribution in [0.5, 0.6) is 0 Å². The Bertz CT molecular complexity index is 365. The maximum absolute atomic E-state index is 12.1. The first-order valence-electron chi connectivity index (χ1n) is 6.11. The van der Waals surface area contributed by atoms with Gasteiger partial charge in [0, 0.05) is 13.1 Å². The maximum atomic E-state index is 12.1. The van der Waals surface area contributed by atoms with E-state index >= 15 is 0 Å². The van der Waals surface area contributed by atoms with E-state index in [-0.39, 0.29) is 11.7 Å². The van der Waals surface area contributed by atoms with Crippen molar-refractivity contribution in [3.05, 3.63) is 0 Å². The van der Waals surface area contributed by atoms with Crippen LogP contribution in [0.3, 0.4) is 0 Å². The van der Waals surface area contributed by atoms with Crippen LogP contribution >= 0.6 is 0 Å². The number of carbonyl (C=O) groups is 1. The molecule has 100 valence electrons. The highest BCUT2D eigenvalue weighted by Crippen LogP contribution is 2.20. The van der Waals surface area contributed by atoms with E-state index in [0.717, 1.165) is 12.8 Å². The molecule has 0 aliphatic carbocycles. The van der Waals surface area contributed by atoms with E-state index in [4.69, 9.17) is 0 Å². The van der Waals surface area contributed by atoms with Crippen molar-refractivity contribution in [2.45, 2.75) is 46.1 Å². The molecular formula is C11H22N2O3S. The minimum Gasteiger partial charge on any atom is -0.298 e. The number of rotatable bonds is 5. The van der Waals surface area contributed by atoms with Crippen molar-refractivity contribution in [2.24, 2.45) is 5.92 Å². The normalized spacial score (nSPS) is 22.9. The van der Waals surface area contributed by atoms with Gasteiger partial charge in [-0.1, -0.05) is 20.3 Å². The summed E-state index contributed by atoms with van der Waals surface area (Å²) < 4.78 is 28.0. The molecule has 17 heavy (non-hydrogen) atoms. The molecular weight excluding hydrogens is 240 g/mol. The molecule has 1 aliphatic rings. The van der Waals surface area contributed by atoms with Crippen LogP contribution in [0.4, 0.5) is 0 Å². The summed E-state index contributed by atoms with van der Waals surface area (Å²) in [5, 5.41) is 0. The number of Topliss-reactive ketones (excluding diaryl/α,β-unsaturated/α-hetero) is 1. The first-order valence-corrected chi connectivity index (χ1v) is 7.55. The van der Waals surface area contributed by atoms with Crippen LogP contribution in [0.25, 0.3) is 0 Å².